The van der Waals surface area contributed by atoms with Gasteiger partial charge in [-0.15, -0.1) is 0 Å². The van der Waals surface area contributed by atoms with Crippen LogP contribution in [0.5, 0.6) is 0 Å². The topological polar surface area (TPSA) is 38.0 Å². The van der Waals surface area contributed by atoms with Crippen LogP contribution in [0.2, 0.25) is 0 Å². The van der Waals surface area contributed by atoms with E-state index in [2.05, 4.69) is 55.6 Å². The van der Waals surface area contributed by atoms with E-state index in [9.17, 15) is 0 Å². The van der Waals surface area contributed by atoms with Crippen LogP contribution in [0.25, 0.3) is 0 Å². The van der Waals surface area contributed by atoms with Crippen molar-refractivity contribution in [2.45, 2.75) is 26.3 Å². The first kappa shape index (κ1) is 13.6. The Morgan fingerprint density at radius 1 is 1.05 bits per heavy atom. The summed E-state index contributed by atoms with van der Waals surface area (Å²) in [5.74, 6) is 0. The summed E-state index contributed by atoms with van der Waals surface area (Å²) in [6, 6.07) is 17.1. The summed E-state index contributed by atoms with van der Waals surface area (Å²) in [7, 11) is 0. The van der Waals surface area contributed by atoms with Crippen LogP contribution < -0.4 is 11.1 Å². The van der Waals surface area contributed by atoms with E-state index >= 15 is 0 Å². The van der Waals surface area contributed by atoms with Crippen LogP contribution in [-0.4, -0.2) is 6.54 Å². The Hall–Kier alpha value is -1.80. The number of nitrogens with one attached hydrogen (secondary N) is 1. The van der Waals surface area contributed by atoms with Crippen molar-refractivity contribution in [3.63, 3.8) is 0 Å². The highest BCUT2D eigenvalue weighted by atomic mass is 14.9. The zero-order valence-electron chi connectivity index (χ0n) is 11.7. The lowest BCUT2D eigenvalue weighted by molar-refractivity contribution is 0.788. The van der Waals surface area contributed by atoms with Crippen molar-refractivity contribution in [3.05, 3.63) is 65.2 Å². The lowest BCUT2D eigenvalue weighted by Gasteiger charge is -2.20. The Balaban J connectivity index is 2.17. The van der Waals surface area contributed by atoms with Gasteiger partial charge in [0.15, 0.2) is 0 Å². The molecule has 2 rings (SSSR count). The van der Waals surface area contributed by atoms with Crippen molar-refractivity contribution in [3.8, 4) is 0 Å². The first-order valence-corrected chi connectivity index (χ1v) is 6.85. The molecule has 0 saturated carbocycles. The van der Waals surface area contributed by atoms with E-state index in [0.29, 0.717) is 6.54 Å². The van der Waals surface area contributed by atoms with E-state index in [0.717, 1.165) is 12.1 Å². The summed E-state index contributed by atoms with van der Waals surface area (Å²) in [6.45, 7) is 4.86. The van der Waals surface area contributed by atoms with Crippen LogP contribution in [-0.2, 0) is 6.42 Å². The van der Waals surface area contributed by atoms with E-state index in [4.69, 9.17) is 5.73 Å². The van der Waals surface area contributed by atoms with Gasteiger partial charge in [-0.25, -0.2) is 0 Å². The van der Waals surface area contributed by atoms with E-state index in [-0.39, 0.29) is 6.04 Å². The highest BCUT2D eigenvalue weighted by Crippen LogP contribution is 2.22. The molecule has 0 aliphatic carbocycles. The quantitative estimate of drug-likeness (QED) is 0.854. The third-order valence-electron chi connectivity index (χ3n) is 3.50. The van der Waals surface area contributed by atoms with E-state index in [1.807, 2.05) is 12.1 Å². The molecular weight excluding hydrogens is 232 g/mol. The van der Waals surface area contributed by atoms with E-state index in [1.165, 1.54) is 16.7 Å². The number of hydrogen-bond donors (Lipinski definition) is 2. The molecule has 2 aromatic carbocycles. The van der Waals surface area contributed by atoms with Gasteiger partial charge in [-0.05, 0) is 36.1 Å². The second-order valence-electron chi connectivity index (χ2n) is 4.84. The summed E-state index contributed by atoms with van der Waals surface area (Å²) in [6.07, 6.45) is 1.07. The van der Waals surface area contributed by atoms with Gasteiger partial charge in [-0.1, -0.05) is 49.4 Å². The molecular formula is C17H22N2. The van der Waals surface area contributed by atoms with Crippen LogP contribution in [0.15, 0.2) is 48.5 Å². The van der Waals surface area contributed by atoms with Crippen molar-refractivity contribution in [2.75, 3.05) is 11.9 Å². The van der Waals surface area contributed by atoms with Crippen molar-refractivity contribution in [1.29, 1.82) is 0 Å². The highest BCUT2D eigenvalue weighted by molar-refractivity contribution is 5.52. The van der Waals surface area contributed by atoms with Gasteiger partial charge >= 0.3 is 0 Å². The minimum Gasteiger partial charge on any atom is -0.377 e. The zero-order chi connectivity index (χ0) is 13.7. The average molecular weight is 254 g/mol. The summed E-state index contributed by atoms with van der Waals surface area (Å²) < 4.78 is 0. The molecule has 19 heavy (non-hydrogen) atoms. The molecule has 0 radical (unpaired) electrons. The minimum atomic E-state index is 0.159. The summed E-state index contributed by atoms with van der Waals surface area (Å²) >= 11 is 0. The van der Waals surface area contributed by atoms with Gasteiger partial charge in [0.05, 0.1) is 6.04 Å². The molecule has 100 valence electrons. The lowest BCUT2D eigenvalue weighted by Crippen LogP contribution is -2.21. The smallest absolute Gasteiger partial charge is 0.0636 e. The molecule has 3 N–H and O–H groups in total. The molecule has 0 saturated heterocycles. The second kappa shape index (κ2) is 6.39. The fraction of sp³-hybridized carbons (Fsp3) is 0.294. The predicted octanol–water partition coefficient (Wildman–Crippen LogP) is 3.67. The Morgan fingerprint density at radius 2 is 1.74 bits per heavy atom. The third kappa shape index (κ3) is 3.36. The summed E-state index contributed by atoms with van der Waals surface area (Å²) in [5.41, 5.74) is 10.9. The minimum absolute atomic E-state index is 0.159. The molecule has 0 aliphatic heterocycles. The first-order chi connectivity index (χ1) is 9.24. The monoisotopic (exact) mass is 254 g/mol. The van der Waals surface area contributed by atoms with Gasteiger partial charge in [-0.3, -0.25) is 0 Å². The molecule has 2 heteroatoms. The molecule has 2 aromatic rings. The highest BCUT2D eigenvalue weighted by Gasteiger charge is 2.10. The van der Waals surface area contributed by atoms with Gasteiger partial charge in [-0.2, -0.15) is 0 Å². The molecule has 1 atom stereocenters. The van der Waals surface area contributed by atoms with Crippen LogP contribution in [0.4, 0.5) is 5.69 Å². The molecule has 0 aliphatic rings. The molecule has 0 aromatic heterocycles. The third-order valence-corrected chi connectivity index (χ3v) is 3.50. The van der Waals surface area contributed by atoms with Gasteiger partial charge in [0.1, 0.15) is 0 Å². The standard InChI is InChI=1S/C17H22N2/c1-3-14-8-10-15(11-9-14)17(12-18)19-16-7-5-4-6-13(16)2/h4-11,17,19H,3,12,18H2,1-2H3. The molecule has 0 spiro atoms. The number of benzene rings is 2. The maximum Gasteiger partial charge on any atom is 0.0636 e. The Labute approximate surface area is 115 Å². The number of para-hydroxylation sites is 1. The molecule has 0 fully saturated rings. The molecule has 2 nitrogen and oxygen atoms in total. The van der Waals surface area contributed by atoms with Crippen molar-refractivity contribution in [2.24, 2.45) is 5.73 Å². The molecule has 0 bridgehead atoms. The maximum atomic E-state index is 5.91. The summed E-state index contributed by atoms with van der Waals surface area (Å²) in [4.78, 5) is 0. The number of aryl methyl sites for hydroxylation is 2. The number of rotatable bonds is 5. The maximum absolute atomic E-state index is 5.91. The van der Waals surface area contributed by atoms with Crippen LogP contribution in [0.3, 0.4) is 0 Å². The second-order valence-corrected chi connectivity index (χ2v) is 4.84. The molecule has 0 amide bonds. The Kier molecular flexibility index (Phi) is 4.58. The van der Waals surface area contributed by atoms with Crippen molar-refractivity contribution >= 4 is 5.69 Å². The number of anilines is 1. The average Bonchev–Trinajstić information content (AvgIpc) is 2.47. The number of nitrogens with two attached hydrogens (primary N) is 1. The predicted molar refractivity (Wildman–Crippen MR) is 82.4 cm³/mol. The lowest BCUT2D eigenvalue weighted by atomic mass is 10.0. The fourth-order valence-electron chi connectivity index (χ4n) is 2.19. The Bertz CT molecular complexity index is 517. The van der Waals surface area contributed by atoms with Crippen molar-refractivity contribution in [1.82, 2.24) is 0 Å². The normalized spacial score (nSPS) is 12.2. The van der Waals surface area contributed by atoms with E-state index < -0.39 is 0 Å². The SMILES string of the molecule is CCc1ccc(C(CN)Nc2ccccc2C)cc1. The van der Waals surface area contributed by atoms with Gasteiger partial charge in [0.25, 0.3) is 0 Å². The molecule has 1 unspecified atom stereocenters. The van der Waals surface area contributed by atoms with Crippen LogP contribution >= 0.6 is 0 Å². The Morgan fingerprint density at radius 3 is 2.32 bits per heavy atom. The van der Waals surface area contributed by atoms with E-state index in [1.54, 1.807) is 0 Å². The van der Waals surface area contributed by atoms with Gasteiger partial charge in [0.2, 0.25) is 0 Å². The van der Waals surface area contributed by atoms with Crippen molar-refractivity contribution < 1.29 is 0 Å². The van der Waals surface area contributed by atoms with Gasteiger partial charge in [0, 0.05) is 12.2 Å². The fourth-order valence-corrected chi connectivity index (χ4v) is 2.19. The van der Waals surface area contributed by atoms with Crippen LogP contribution in [0.1, 0.15) is 29.7 Å². The first-order valence-electron chi connectivity index (χ1n) is 6.85. The largest absolute Gasteiger partial charge is 0.377 e. The molecule has 0 heterocycles. The zero-order valence-corrected chi connectivity index (χ0v) is 11.7. The van der Waals surface area contributed by atoms with Gasteiger partial charge < -0.3 is 11.1 Å². The number of hydrogen-bond acceptors (Lipinski definition) is 2. The summed E-state index contributed by atoms with van der Waals surface area (Å²) in [5, 5.41) is 3.53. The van der Waals surface area contributed by atoms with Crippen LogP contribution in [0, 0.1) is 6.92 Å².